The van der Waals surface area contributed by atoms with Crippen LogP contribution in [0.15, 0.2) is 51.8 Å². The van der Waals surface area contributed by atoms with Crippen molar-refractivity contribution in [1.82, 2.24) is 0 Å². The lowest BCUT2D eigenvalue weighted by atomic mass is 10.0. The molecule has 126 valence electrons. The van der Waals surface area contributed by atoms with E-state index < -0.39 is 16.7 Å². The van der Waals surface area contributed by atoms with Gasteiger partial charge in [-0.25, -0.2) is 4.79 Å². The van der Waals surface area contributed by atoms with Gasteiger partial charge in [-0.3, -0.25) is 9.11 Å². The summed E-state index contributed by atoms with van der Waals surface area (Å²) in [6.45, 7) is 0. The second-order valence-corrected chi connectivity index (χ2v) is 7.38. The van der Waals surface area contributed by atoms with Crippen molar-refractivity contribution >= 4 is 34.1 Å². The maximum absolute atomic E-state index is 11.9. The third-order valence-corrected chi connectivity index (χ3v) is 5.74. The SMILES string of the molecule is COC(=O)c1cccc2c1CCC2=NS(O)(O)c1ccccc1Cl. The van der Waals surface area contributed by atoms with Gasteiger partial charge in [-0.1, -0.05) is 46.6 Å². The molecule has 0 saturated carbocycles. The number of hydrogen-bond donors (Lipinski definition) is 2. The van der Waals surface area contributed by atoms with Crippen LogP contribution in [0, 0.1) is 0 Å². The monoisotopic (exact) mass is 365 g/mol. The van der Waals surface area contributed by atoms with Crippen LogP contribution in [0.5, 0.6) is 0 Å². The van der Waals surface area contributed by atoms with E-state index in [4.69, 9.17) is 16.3 Å². The van der Waals surface area contributed by atoms with Gasteiger partial charge < -0.3 is 4.74 Å². The van der Waals surface area contributed by atoms with Crippen LogP contribution in [0.3, 0.4) is 0 Å². The lowest BCUT2D eigenvalue weighted by Crippen LogP contribution is -2.06. The second-order valence-electron chi connectivity index (χ2n) is 5.31. The molecule has 0 heterocycles. The Morgan fingerprint density at radius 1 is 1.17 bits per heavy atom. The number of benzene rings is 2. The molecule has 3 rings (SSSR count). The van der Waals surface area contributed by atoms with Gasteiger partial charge in [0, 0.05) is 5.56 Å². The third-order valence-electron chi connectivity index (χ3n) is 3.87. The summed E-state index contributed by atoms with van der Waals surface area (Å²) in [6, 6.07) is 11.8. The Balaban J connectivity index is 2.04. The molecule has 0 radical (unpaired) electrons. The number of esters is 1. The summed E-state index contributed by atoms with van der Waals surface area (Å²) in [6.07, 6.45) is 1.11. The molecule has 0 bridgehead atoms. The average Bonchev–Trinajstić information content (AvgIpc) is 2.97. The molecule has 1 aliphatic rings. The predicted molar refractivity (Wildman–Crippen MR) is 95.2 cm³/mol. The largest absolute Gasteiger partial charge is 0.465 e. The molecular weight excluding hydrogens is 350 g/mol. The minimum absolute atomic E-state index is 0.191. The van der Waals surface area contributed by atoms with Crippen molar-refractivity contribution in [2.75, 3.05) is 7.11 Å². The molecule has 2 aromatic carbocycles. The van der Waals surface area contributed by atoms with Gasteiger partial charge in [0.1, 0.15) is 4.90 Å². The van der Waals surface area contributed by atoms with E-state index in [0.29, 0.717) is 24.1 Å². The van der Waals surface area contributed by atoms with E-state index in [0.717, 1.165) is 11.1 Å². The highest BCUT2D eigenvalue weighted by Gasteiger charge is 2.27. The maximum Gasteiger partial charge on any atom is 0.338 e. The van der Waals surface area contributed by atoms with Gasteiger partial charge in [0.2, 0.25) is 0 Å². The van der Waals surface area contributed by atoms with E-state index in [-0.39, 0.29) is 9.92 Å². The Morgan fingerprint density at radius 3 is 2.62 bits per heavy atom. The molecule has 0 fully saturated rings. The molecule has 0 spiro atoms. The van der Waals surface area contributed by atoms with E-state index in [1.165, 1.54) is 7.11 Å². The molecule has 0 unspecified atom stereocenters. The number of ether oxygens (including phenoxy) is 1. The molecule has 2 N–H and O–H groups in total. The van der Waals surface area contributed by atoms with E-state index in [1.54, 1.807) is 36.4 Å². The number of nitrogens with zero attached hydrogens (tertiary/aromatic N) is 1. The van der Waals surface area contributed by atoms with Crippen molar-refractivity contribution in [1.29, 1.82) is 0 Å². The van der Waals surface area contributed by atoms with Gasteiger partial charge in [-0.2, -0.15) is 4.40 Å². The fourth-order valence-corrected chi connectivity index (χ4v) is 4.40. The number of fused-ring (bicyclic) bond motifs is 1. The Morgan fingerprint density at radius 2 is 1.92 bits per heavy atom. The highest BCUT2D eigenvalue weighted by atomic mass is 35.5. The maximum atomic E-state index is 11.9. The van der Waals surface area contributed by atoms with Crippen LogP contribution in [0.1, 0.15) is 27.9 Å². The van der Waals surface area contributed by atoms with Crippen molar-refractivity contribution in [2.45, 2.75) is 17.7 Å². The topological polar surface area (TPSA) is 79.1 Å². The Bertz CT molecular complexity index is 835. The van der Waals surface area contributed by atoms with Crippen molar-refractivity contribution in [3.8, 4) is 0 Å². The van der Waals surface area contributed by atoms with Crippen LogP contribution >= 0.6 is 22.4 Å². The Labute approximate surface area is 146 Å². The zero-order valence-electron chi connectivity index (χ0n) is 12.9. The zero-order valence-corrected chi connectivity index (χ0v) is 14.5. The first-order valence-electron chi connectivity index (χ1n) is 7.26. The molecule has 2 aromatic rings. The average molecular weight is 366 g/mol. The van der Waals surface area contributed by atoms with Crippen molar-refractivity contribution in [3.05, 3.63) is 64.2 Å². The van der Waals surface area contributed by atoms with Crippen molar-refractivity contribution in [2.24, 2.45) is 4.40 Å². The summed E-state index contributed by atoms with van der Waals surface area (Å²) in [5.74, 6) is -0.411. The van der Waals surface area contributed by atoms with Gasteiger partial charge in [-0.15, -0.1) is 0 Å². The molecular formula is C17H16ClNO4S. The highest BCUT2D eigenvalue weighted by Crippen LogP contribution is 2.53. The standard InChI is InChI=1S/C17H16ClNO4S/c1-23-17(20)13-6-4-5-12-11(13)9-10-15(12)19-24(21,22)16-8-3-2-7-14(16)18/h2-8,21-22H,9-10H2,1H3. The van der Waals surface area contributed by atoms with Gasteiger partial charge in [0.25, 0.3) is 0 Å². The molecule has 0 amide bonds. The van der Waals surface area contributed by atoms with Crippen LogP contribution in [-0.4, -0.2) is 27.9 Å². The molecule has 24 heavy (non-hydrogen) atoms. The molecule has 0 aliphatic heterocycles. The van der Waals surface area contributed by atoms with E-state index in [2.05, 4.69) is 4.40 Å². The van der Waals surface area contributed by atoms with Crippen LogP contribution in [0.25, 0.3) is 0 Å². The number of carbonyl (C=O) groups is 1. The molecule has 0 aromatic heterocycles. The smallest absolute Gasteiger partial charge is 0.338 e. The summed E-state index contributed by atoms with van der Waals surface area (Å²) >= 11 is 6.05. The van der Waals surface area contributed by atoms with Crippen LogP contribution < -0.4 is 0 Å². The minimum atomic E-state index is -3.42. The normalized spacial score (nSPS) is 16.1. The molecule has 1 aliphatic carbocycles. The number of carbonyl (C=O) groups excluding carboxylic acids is 1. The Kier molecular flexibility index (Phi) is 4.64. The fraction of sp³-hybridized carbons (Fsp3) is 0.176. The first-order valence-corrected chi connectivity index (χ1v) is 9.14. The van der Waals surface area contributed by atoms with Gasteiger partial charge in [0.15, 0.2) is 0 Å². The van der Waals surface area contributed by atoms with Crippen LogP contribution in [0.4, 0.5) is 0 Å². The lowest BCUT2D eigenvalue weighted by molar-refractivity contribution is 0.0599. The number of rotatable bonds is 3. The number of methoxy groups -OCH3 is 1. The summed E-state index contributed by atoms with van der Waals surface area (Å²) < 4.78 is 29.9. The zero-order chi connectivity index (χ0) is 17.3. The molecule has 0 saturated heterocycles. The highest BCUT2D eigenvalue weighted by molar-refractivity contribution is 8.23. The molecule has 5 nitrogen and oxygen atoms in total. The molecule has 7 heteroatoms. The quantitative estimate of drug-likeness (QED) is 0.780. The molecule has 0 atom stereocenters. The first-order chi connectivity index (χ1) is 11.4. The summed E-state index contributed by atoms with van der Waals surface area (Å²) in [4.78, 5) is 12.0. The number of hydrogen-bond acceptors (Lipinski definition) is 5. The summed E-state index contributed by atoms with van der Waals surface area (Å²) in [5.41, 5.74) is 2.59. The third kappa shape index (κ3) is 3.06. The van der Waals surface area contributed by atoms with Crippen molar-refractivity contribution in [3.63, 3.8) is 0 Å². The van der Waals surface area contributed by atoms with E-state index >= 15 is 0 Å². The Hall–Kier alpha value is -1.86. The van der Waals surface area contributed by atoms with Gasteiger partial charge in [-0.05, 0) is 36.6 Å². The fourth-order valence-electron chi connectivity index (χ4n) is 2.77. The van der Waals surface area contributed by atoms with Crippen molar-refractivity contribution < 1.29 is 18.6 Å². The van der Waals surface area contributed by atoms with E-state index in [1.807, 2.05) is 6.07 Å². The summed E-state index contributed by atoms with van der Waals surface area (Å²) in [5, 5.41) is 0.253. The van der Waals surface area contributed by atoms with E-state index in [9.17, 15) is 13.9 Å². The van der Waals surface area contributed by atoms with Gasteiger partial charge >= 0.3 is 5.97 Å². The minimum Gasteiger partial charge on any atom is -0.465 e. The lowest BCUT2D eigenvalue weighted by Gasteiger charge is -2.28. The predicted octanol–water partition coefficient (Wildman–Crippen LogP) is 4.59. The summed E-state index contributed by atoms with van der Waals surface area (Å²) in [7, 11) is -2.08. The first kappa shape index (κ1) is 17.0. The van der Waals surface area contributed by atoms with Crippen LogP contribution in [-0.2, 0) is 11.2 Å². The second kappa shape index (κ2) is 6.57. The van der Waals surface area contributed by atoms with Crippen LogP contribution in [0.2, 0.25) is 5.02 Å². The van der Waals surface area contributed by atoms with Gasteiger partial charge in [0.05, 0.1) is 23.4 Å². The number of halogens is 1.